The Morgan fingerprint density at radius 3 is 2.03 bits per heavy atom. The molecule has 2 atom stereocenters. The average Bonchev–Trinajstić information content (AvgIpc) is 2.63. The number of alkyl carbamates (subject to hydrolysis) is 1. The van der Waals surface area contributed by atoms with Crippen molar-refractivity contribution in [1.29, 1.82) is 0 Å². The number of hydrogen-bond acceptors (Lipinski definition) is 6. The largest absolute Gasteiger partial charge is 0.573 e. The fourth-order valence-corrected chi connectivity index (χ4v) is 3.66. The molecule has 1 rings (SSSR count). The predicted octanol–water partition coefficient (Wildman–Crippen LogP) is 4.83. The summed E-state index contributed by atoms with van der Waals surface area (Å²) in [5.74, 6) is -2.35. The van der Waals surface area contributed by atoms with Crippen LogP contribution in [0.2, 0.25) is 0 Å². The van der Waals surface area contributed by atoms with E-state index in [-0.39, 0.29) is 17.9 Å². The average molecular weight is 521 g/mol. The number of aliphatic hydroxyl groups is 1. The number of halogens is 6. The number of alkyl halides is 6. The van der Waals surface area contributed by atoms with E-state index >= 15 is 0 Å². The quantitative estimate of drug-likeness (QED) is 0.299. The highest BCUT2D eigenvalue weighted by molar-refractivity contribution is 7.99. The van der Waals surface area contributed by atoms with Gasteiger partial charge in [-0.3, -0.25) is 0 Å². The van der Waals surface area contributed by atoms with Gasteiger partial charge in [0.15, 0.2) is 5.60 Å². The molecule has 194 valence electrons. The summed E-state index contributed by atoms with van der Waals surface area (Å²) in [5, 5.41) is 21.7. The van der Waals surface area contributed by atoms with Gasteiger partial charge in [-0.2, -0.15) is 24.9 Å². The van der Waals surface area contributed by atoms with Crippen LogP contribution in [0.1, 0.15) is 39.2 Å². The maximum absolute atomic E-state index is 13.6. The number of carbonyl (C=O) groups excluding carboxylic acids is 1. The molecule has 7 nitrogen and oxygen atoms in total. The van der Waals surface area contributed by atoms with Gasteiger partial charge in [-0.15, -0.1) is 13.2 Å². The normalized spacial score (nSPS) is 15.2. The molecule has 1 aromatic carbocycles. The molecule has 0 aliphatic carbocycles. The Labute approximate surface area is 195 Å². The second kappa shape index (κ2) is 11.4. The zero-order valence-corrected chi connectivity index (χ0v) is 19.2. The summed E-state index contributed by atoms with van der Waals surface area (Å²) in [6.07, 6.45) is -12.1. The number of ether oxygens (including phenoxy) is 2. The Hall–Kier alpha value is -2.35. The summed E-state index contributed by atoms with van der Waals surface area (Å²) in [4.78, 5) is 23.0. The van der Waals surface area contributed by atoms with Crippen molar-refractivity contribution in [2.24, 2.45) is 0 Å². The van der Waals surface area contributed by atoms with Crippen LogP contribution >= 0.6 is 11.8 Å². The van der Waals surface area contributed by atoms with E-state index in [1.54, 1.807) is 20.8 Å². The highest BCUT2D eigenvalue weighted by Crippen LogP contribution is 2.43. The maximum Gasteiger partial charge on any atom is 0.573 e. The molecular formula is C20H25F6NO6S. The minimum Gasteiger partial charge on any atom is -0.480 e. The molecule has 0 fully saturated rings. The van der Waals surface area contributed by atoms with E-state index in [4.69, 9.17) is 4.74 Å². The molecule has 14 heteroatoms. The van der Waals surface area contributed by atoms with Crippen molar-refractivity contribution in [2.45, 2.75) is 63.4 Å². The first kappa shape index (κ1) is 29.7. The van der Waals surface area contributed by atoms with Crippen molar-refractivity contribution in [2.75, 3.05) is 11.5 Å². The number of rotatable bonds is 10. The smallest absolute Gasteiger partial charge is 0.480 e. The molecule has 0 heterocycles. The van der Waals surface area contributed by atoms with Crippen molar-refractivity contribution >= 4 is 23.8 Å². The maximum atomic E-state index is 13.6. The van der Waals surface area contributed by atoms with Crippen molar-refractivity contribution < 1.29 is 55.6 Å². The van der Waals surface area contributed by atoms with Crippen molar-refractivity contribution in [3.8, 4) is 5.75 Å². The summed E-state index contributed by atoms with van der Waals surface area (Å²) in [5.41, 5.74) is -4.89. The first-order valence-electron chi connectivity index (χ1n) is 9.79. The summed E-state index contributed by atoms with van der Waals surface area (Å²) >= 11 is 0.899. The molecular weight excluding hydrogens is 496 g/mol. The lowest BCUT2D eigenvalue weighted by Crippen LogP contribution is -2.44. The third-order valence-electron chi connectivity index (χ3n) is 4.18. The predicted molar refractivity (Wildman–Crippen MR) is 110 cm³/mol. The summed E-state index contributed by atoms with van der Waals surface area (Å²) in [6.45, 7) is 4.74. The molecule has 34 heavy (non-hydrogen) atoms. The number of benzene rings is 1. The lowest BCUT2D eigenvalue weighted by molar-refractivity contribution is -0.275. The van der Waals surface area contributed by atoms with Gasteiger partial charge in [-0.25, -0.2) is 9.59 Å². The van der Waals surface area contributed by atoms with Gasteiger partial charge in [0.1, 0.15) is 17.4 Å². The zero-order valence-electron chi connectivity index (χ0n) is 18.4. The SMILES string of the molecule is CC(C)(C)OC(=O)N[C@@H](CCSCCC(O)(c1ccc(OC(F)(F)F)cc1)C(F)(F)F)C(=O)O. The van der Waals surface area contributed by atoms with Crippen LogP contribution < -0.4 is 10.1 Å². The van der Waals surface area contributed by atoms with Gasteiger partial charge in [0, 0.05) is 0 Å². The number of thioether (sulfide) groups is 1. The topological polar surface area (TPSA) is 105 Å². The highest BCUT2D eigenvalue weighted by atomic mass is 32.2. The first-order chi connectivity index (χ1) is 15.3. The summed E-state index contributed by atoms with van der Waals surface area (Å²) in [6, 6.07) is 1.35. The molecule has 0 aliphatic rings. The molecule has 3 N–H and O–H groups in total. The number of carboxylic acids is 1. The molecule has 0 aromatic heterocycles. The molecule has 1 unspecified atom stereocenters. The molecule has 0 spiro atoms. The number of hydrogen-bond donors (Lipinski definition) is 3. The Morgan fingerprint density at radius 1 is 1.03 bits per heavy atom. The molecule has 1 amide bonds. The van der Waals surface area contributed by atoms with Crippen LogP contribution in [0.5, 0.6) is 5.75 Å². The van der Waals surface area contributed by atoms with Gasteiger partial charge in [-0.1, -0.05) is 12.1 Å². The van der Waals surface area contributed by atoms with E-state index in [9.17, 15) is 46.1 Å². The number of nitrogens with one attached hydrogen (secondary N) is 1. The molecule has 0 saturated carbocycles. The molecule has 0 bridgehead atoms. The second-order valence-electron chi connectivity index (χ2n) is 8.12. The molecule has 0 aliphatic heterocycles. The van der Waals surface area contributed by atoms with Gasteiger partial charge >= 0.3 is 24.6 Å². The minimum atomic E-state index is -5.14. The van der Waals surface area contributed by atoms with Gasteiger partial charge < -0.3 is 25.0 Å². The van der Waals surface area contributed by atoms with E-state index in [1.807, 2.05) is 0 Å². The van der Waals surface area contributed by atoms with Crippen LogP contribution in [0.4, 0.5) is 31.1 Å². The Bertz CT molecular complexity index is 825. The Morgan fingerprint density at radius 2 is 1.59 bits per heavy atom. The van der Waals surface area contributed by atoms with E-state index in [1.165, 1.54) is 0 Å². The van der Waals surface area contributed by atoms with Crippen LogP contribution in [0.3, 0.4) is 0 Å². The van der Waals surface area contributed by atoms with Crippen LogP contribution in [-0.4, -0.2) is 58.0 Å². The fraction of sp³-hybridized carbons (Fsp3) is 0.600. The Kier molecular flexibility index (Phi) is 9.94. The zero-order chi connectivity index (χ0) is 26.4. The first-order valence-corrected chi connectivity index (χ1v) is 10.9. The lowest BCUT2D eigenvalue weighted by atomic mass is 9.90. The number of aliphatic carboxylic acids is 1. The van der Waals surface area contributed by atoms with Gasteiger partial charge in [0.25, 0.3) is 0 Å². The molecule has 0 radical (unpaired) electrons. The summed E-state index contributed by atoms with van der Waals surface area (Å²) in [7, 11) is 0. The standard InChI is InChI=1S/C20H25F6NO6S/c1-17(2,3)33-16(30)27-14(15(28)29)8-10-34-11-9-18(31,19(21,22)23)12-4-6-13(7-5-12)32-20(24,25)26/h4-7,14,31H,8-11H2,1-3H3,(H,27,30)(H,28,29)/t14-,18?/m0/s1. The monoisotopic (exact) mass is 521 g/mol. The highest BCUT2D eigenvalue weighted by Gasteiger charge is 2.54. The van der Waals surface area contributed by atoms with Gasteiger partial charge in [0.05, 0.1) is 0 Å². The van der Waals surface area contributed by atoms with Crippen LogP contribution in [-0.2, 0) is 15.1 Å². The number of carboxylic acid groups (broad SMARTS) is 1. The third kappa shape index (κ3) is 9.87. The van der Waals surface area contributed by atoms with E-state index in [0.29, 0.717) is 24.3 Å². The lowest BCUT2D eigenvalue weighted by Gasteiger charge is -2.31. The van der Waals surface area contributed by atoms with Crippen molar-refractivity contribution in [1.82, 2.24) is 5.32 Å². The van der Waals surface area contributed by atoms with Crippen molar-refractivity contribution in [3.05, 3.63) is 29.8 Å². The molecule has 0 saturated heterocycles. The number of amides is 1. The number of carbonyl (C=O) groups is 2. The third-order valence-corrected chi connectivity index (χ3v) is 5.20. The summed E-state index contributed by atoms with van der Waals surface area (Å²) < 4.78 is 86.0. The van der Waals surface area contributed by atoms with Gasteiger partial charge in [0.2, 0.25) is 0 Å². The van der Waals surface area contributed by atoms with E-state index in [2.05, 4.69) is 10.1 Å². The van der Waals surface area contributed by atoms with Crippen LogP contribution in [0.25, 0.3) is 0 Å². The fourth-order valence-electron chi connectivity index (χ4n) is 2.61. The van der Waals surface area contributed by atoms with Crippen LogP contribution in [0, 0.1) is 0 Å². The second-order valence-corrected chi connectivity index (χ2v) is 9.34. The minimum absolute atomic E-state index is 0.0268. The Balaban J connectivity index is 2.72. The van der Waals surface area contributed by atoms with E-state index in [0.717, 1.165) is 11.8 Å². The molecule has 1 aromatic rings. The van der Waals surface area contributed by atoms with E-state index < -0.39 is 59.6 Å². The van der Waals surface area contributed by atoms with Crippen molar-refractivity contribution in [3.63, 3.8) is 0 Å². The van der Waals surface area contributed by atoms with Gasteiger partial charge in [-0.05, 0) is 62.8 Å². The van der Waals surface area contributed by atoms with Crippen LogP contribution in [0.15, 0.2) is 24.3 Å².